The molecule has 4 rings (SSSR count). The lowest BCUT2D eigenvalue weighted by molar-refractivity contribution is -0.0467. The SMILES string of the molecule is C=Cc1c(CCC(CC(COCc2ccccc2)OC)OCc2ccccc2)cc(Cc2ccc(CC)cc2)c(Cl)c1O. The predicted molar refractivity (Wildman–Crippen MR) is 177 cm³/mol. The number of hydrogen-bond donors (Lipinski definition) is 1. The largest absolute Gasteiger partial charge is 0.506 e. The van der Waals surface area contributed by atoms with Crippen LogP contribution in [0.25, 0.3) is 6.08 Å². The normalized spacial score (nSPS) is 12.6. The Balaban J connectivity index is 1.48. The molecule has 0 bridgehead atoms. The molecule has 0 fully saturated rings. The lowest BCUT2D eigenvalue weighted by atomic mass is 9.93. The van der Waals surface area contributed by atoms with E-state index in [1.54, 1.807) is 13.2 Å². The monoisotopic (exact) mass is 598 g/mol. The maximum absolute atomic E-state index is 11.0. The zero-order valence-electron chi connectivity index (χ0n) is 25.3. The van der Waals surface area contributed by atoms with Gasteiger partial charge in [-0.25, -0.2) is 0 Å². The maximum atomic E-state index is 11.0. The fourth-order valence-corrected chi connectivity index (χ4v) is 5.45. The molecular weight excluding hydrogens is 556 g/mol. The van der Waals surface area contributed by atoms with Crippen molar-refractivity contribution in [1.82, 2.24) is 0 Å². The number of methoxy groups -OCH3 is 1. The van der Waals surface area contributed by atoms with Crippen LogP contribution in [0.1, 0.15) is 58.7 Å². The molecular formula is C38H43ClO4. The quantitative estimate of drug-likeness (QED) is 0.132. The molecule has 5 heteroatoms. The minimum atomic E-state index is -0.122. The minimum absolute atomic E-state index is 0.0835. The van der Waals surface area contributed by atoms with Crippen LogP contribution in [-0.2, 0) is 46.7 Å². The number of halogens is 1. The maximum Gasteiger partial charge on any atom is 0.141 e. The molecule has 2 atom stereocenters. The lowest BCUT2D eigenvalue weighted by Gasteiger charge is -2.24. The van der Waals surface area contributed by atoms with Crippen molar-refractivity contribution in [1.29, 1.82) is 0 Å². The third-order valence-electron chi connectivity index (χ3n) is 7.81. The van der Waals surface area contributed by atoms with E-state index in [1.807, 2.05) is 36.4 Å². The molecule has 43 heavy (non-hydrogen) atoms. The second-order valence-electron chi connectivity index (χ2n) is 10.9. The van der Waals surface area contributed by atoms with E-state index in [2.05, 4.69) is 68.1 Å². The highest BCUT2D eigenvalue weighted by molar-refractivity contribution is 6.33. The summed E-state index contributed by atoms with van der Waals surface area (Å²) in [7, 11) is 1.72. The number of aryl methyl sites for hydroxylation is 2. The van der Waals surface area contributed by atoms with Gasteiger partial charge in [0.25, 0.3) is 0 Å². The molecule has 0 spiro atoms. The van der Waals surface area contributed by atoms with Crippen LogP contribution in [0, 0.1) is 0 Å². The van der Waals surface area contributed by atoms with E-state index in [0.29, 0.717) is 49.7 Å². The molecule has 0 aliphatic carbocycles. The van der Waals surface area contributed by atoms with E-state index >= 15 is 0 Å². The van der Waals surface area contributed by atoms with Crippen molar-refractivity contribution < 1.29 is 19.3 Å². The Bertz CT molecular complexity index is 1400. The van der Waals surface area contributed by atoms with Gasteiger partial charge in [0.15, 0.2) is 0 Å². The first-order chi connectivity index (χ1) is 21.0. The van der Waals surface area contributed by atoms with Crippen LogP contribution >= 0.6 is 11.6 Å². The summed E-state index contributed by atoms with van der Waals surface area (Å²) in [4.78, 5) is 0. The van der Waals surface area contributed by atoms with Crippen LogP contribution in [0.3, 0.4) is 0 Å². The highest BCUT2D eigenvalue weighted by Crippen LogP contribution is 2.36. The zero-order valence-corrected chi connectivity index (χ0v) is 26.1. The fourth-order valence-electron chi connectivity index (χ4n) is 5.23. The highest BCUT2D eigenvalue weighted by Gasteiger charge is 2.21. The standard InChI is InChI=1S/C38H43ClO4/c1-4-28-16-18-29(19-17-28)22-33-23-32(36(5-2)38(40)37(33)39)20-21-34(43-26-31-14-10-7-11-15-31)24-35(41-3)27-42-25-30-12-8-6-9-13-30/h5-19,23,34-35,40H,2,4,20-22,24-27H2,1,3H3. The van der Waals surface area contributed by atoms with Crippen LogP contribution in [0.2, 0.25) is 5.02 Å². The molecule has 0 saturated carbocycles. The Morgan fingerprint density at radius 1 is 0.814 bits per heavy atom. The number of benzene rings is 4. The summed E-state index contributed by atoms with van der Waals surface area (Å²) in [5.41, 5.74) is 7.26. The lowest BCUT2D eigenvalue weighted by Crippen LogP contribution is -2.27. The van der Waals surface area contributed by atoms with E-state index in [-0.39, 0.29) is 18.0 Å². The van der Waals surface area contributed by atoms with Gasteiger partial charge in [-0.1, -0.05) is 122 Å². The van der Waals surface area contributed by atoms with E-state index < -0.39 is 0 Å². The molecule has 1 N–H and O–H groups in total. The minimum Gasteiger partial charge on any atom is -0.506 e. The Morgan fingerprint density at radius 2 is 1.44 bits per heavy atom. The van der Waals surface area contributed by atoms with Gasteiger partial charge in [0.2, 0.25) is 0 Å². The van der Waals surface area contributed by atoms with Crippen molar-refractivity contribution in [2.75, 3.05) is 13.7 Å². The number of ether oxygens (including phenoxy) is 3. The Labute approximate surface area is 261 Å². The van der Waals surface area contributed by atoms with Gasteiger partial charge >= 0.3 is 0 Å². The van der Waals surface area contributed by atoms with Gasteiger partial charge in [0.05, 0.1) is 37.1 Å². The molecule has 2 unspecified atom stereocenters. The number of phenolic OH excluding ortho intramolecular Hbond substituents is 1. The summed E-state index contributed by atoms with van der Waals surface area (Å²) in [5.74, 6) is 0.0835. The fraction of sp³-hybridized carbons (Fsp3) is 0.316. The molecule has 0 radical (unpaired) electrons. The van der Waals surface area contributed by atoms with Gasteiger partial charge in [0.1, 0.15) is 5.75 Å². The summed E-state index contributed by atoms with van der Waals surface area (Å²) in [5, 5.41) is 11.4. The van der Waals surface area contributed by atoms with Crippen molar-refractivity contribution in [3.05, 3.63) is 142 Å². The van der Waals surface area contributed by atoms with Crippen LogP contribution in [-0.4, -0.2) is 31.0 Å². The number of aromatic hydroxyl groups is 1. The summed E-state index contributed by atoms with van der Waals surface area (Å²) >= 11 is 6.67. The van der Waals surface area contributed by atoms with Gasteiger partial charge in [-0.2, -0.15) is 0 Å². The average Bonchev–Trinajstić information content (AvgIpc) is 3.05. The van der Waals surface area contributed by atoms with Gasteiger partial charge < -0.3 is 19.3 Å². The molecule has 4 aromatic carbocycles. The summed E-state index contributed by atoms with van der Waals surface area (Å²) < 4.78 is 18.3. The summed E-state index contributed by atoms with van der Waals surface area (Å²) in [6, 6.07) is 31.0. The summed E-state index contributed by atoms with van der Waals surface area (Å²) in [6.07, 6.45) is 5.21. The van der Waals surface area contributed by atoms with Gasteiger partial charge in [0, 0.05) is 19.1 Å². The molecule has 226 valence electrons. The zero-order chi connectivity index (χ0) is 30.4. The van der Waals surface area contributed by atoms with Crippen molar-refractivity contribution in [3.63, 3.8) is 0 Å². The smallest absolute Gasteiger partial charge is 0.141 e. The van der Waals surface area contributed by atoms with Gasteiger partial charge in [-0.3, -0.25) is 0 Å². The summed E-state index contributed by atoms with van der Waals surface area (Å²) in [6.45, 7) is 7.62. The van der Waals surface area contributed by atoms with Crippen LogP contribution in [0.4, 0.5) is 0 Å². The molecule has 0 aliphatic rings. The average molecular weight is 599 g/mol. The first kappa shape index (κ1) is 32.5. The number of rotatable bonds is 17. The molecule has 0 aliphatic heterocycles. The second-order valence-corrected chi connectivity index (χ2v) is 11.3. The van der Waals surface area contributed by atoms with Crippen LogP contribution in [0.5, 0.6) is 5.75 Å². The van der Waals surface area contributed by atoms with Crippen molar-refractivity contribution in [3.8, 4) is 5.75 Å². The van der Waals surface area contributed by atoms with Crippen molar-refractivity contribution >= 4 is 17.7 Å². The van der Waals surface area contributed by atoms with Gasteiger partial charge in [-0.15, -0.1) is 0 Å². The molecule has 0 amide bonds. The second kappa shape index (κ2) is 17.0. The van der Waals surface area contributed by atoms with Gasteiger partial charge in [-0.05, 0) is 59.1 Å². The molecule has 0 saturated heterocycles. The van der Waals surface area contributed by atoms with Crippen LogP contribution in [0.15, 0.2) is 97.6 Å². The first-order valence-corrected chi connectivity index (χ1v) is 15.4. The number of hydrogen-bond acceptors (Lipinski definition) is 4. The van der Waals surface area contributed by atoms with E-state index in [0.717, 1.165) is 40.7 Å². The van der Waals surface area contributed by atoms with Crippen LogP contribution < -0.4 is 0 Å². The molecule has 0 aromatic heterocycles. The van der Waals surface area contributed by atoms with Crippen molar-refractivity contribution in [2.24, 2.45) is 0 Å². The third-order valence-corrected chi connectivity index (χ3v) is 8.23. The number of phenols is 1. The van der Waals surface area contributed by atoms with E-state index in [4.69, 9.17) is 25.8 Å². The topological polar surface area (TPSA) is 47.9 Å². The predicted octanol–water partition coefficient (Wildman–Crippen LogP) is 8.98. The molecule has 4 nitrogen and oxygen atoms in total. The Hall–Kier alpha value is -3.41. The Morgan fingerprint density at radius 3 is 2.05 bits per heavy atom. The highest BCUT2D eigenvalue weighted by atomic mass is 35.5. The van der Waals surface area contributed by atoms with E-state index in [9.17, 15) is 5.11 Å². The van der Waals surface area contributed by atoms with Crippen molar-refractivity contribution in [2.45, 2.75) is 64.4 Å². The Kier molecular flexibility index (Phi) is 12.9. The first-order valence-electron chi connectivity index (χ1n) is 15.0. The van der Waals surface area contributed by atoms with E-state index in [1.165, 1.54) is 5.56 Å². The molecule has 0 heterocycles. The molecule has 4 aromatic rings. The third kappa shape index (κ3) is 9.80.